The Labute approximate surface area is 128 Å². The van der Waals surface area contributed by atoms with Gasteiger partial charge in [0.15, 0.2) is 0 Å². The van der Waals surface area contributed by atoms with Crippen LogP contribution in [0.4, 0.5) is 22.0 Å². The van der Waals surface area contributed by atoms with Crippen molar-refractivity contribution in [3.05, 3.63) is 64.5 Å². The molecule has 0 fully saturated rings. The highest BCUT2D eigenvalue weighted by atomic mass is 19.2. The monoisotopic (exact) mass is 330 g/mol. The topological polar surface area (TPSA) is 26.3 Å². The number of benzene rings is 2. The molecule has 0 saturated carbocycles. The fourth-order valence-corrected chi connectivity index (χ4v) is 1.92. The molecule has 2 aromatic carbocycles. The van der Waals surface area contributed by atoms with E-state index in [1.54, 1.807) is 12.1 Å². The highest BCUT2D eigenvalue weighted by Crippen LogP contribution is 2.29. The van der Waals surface area contributed by atoms with Crippen molar-refractivity contribution in [1.82, 2.24) is 0 Å². The van der Waals surface area contributed by atoms with E-state index >= 15 is 0 Å². The molecule has 0 bridgehead atoms. The summed E-state index contributed by atoms with van der Waals surface area (Å²) in [6.07, 6.45) is 1.65. The first-order chi connectivity index (χ1) is 10.9. The molecule has 0 N–H and O–H groups in total. The van der Waals surface area contributed by atoms with Crippen LogP contribution in [-0.2, 0) is 6.42 Å². The Bertz CT molecular complexity index is 712. The van der Waals surface area contributed by atoms with Crippen LogP contribution >= 0.6 is 0 Å². The molecule has 0 radical (unpaired) electrons. The van der Waals surface area contributed by atoms with E-state index in [-0.39, 0.29) is 5.56 Å². The van der Waals surface area contributed by atoms with Crippen molar-refractivity contribution in [2.24, 2.45) is 0 Å². The lowest BCUT2D eigenvalue weighted by atomic mass is 10.1. The third-order valence-electron chi connectivity index (χ3n) is 3.09. The zero-order valence-electron chi connectivity index (χ0n) is 11.9. The normalized spacial score (nSPS) is 10.7. The minimum Gasteiger partial charge on any atom is -0.416 e. The summed E-state index contributed by atoms with van der Waals surface area (Å²) in [6.45, 7) is 1.96. The first-order valence-electron chi connectivity index (χ1n) is 6.69. The summed E-state index contributed by atoms with van der Waals surface area (Å²) in [5.74, 6) is -13.9. The fraction of sp³-hybridized carbons (Fsp3) is 0.188. The third kappa shape index (κ3) is 3.33. The van der Waals surface area contributed by atoms with Crippen LogP contribution in [0.15, 0.2) is 24.3 Å². The first kappa shape index (κ1) is 16.9. The number of esters is 1. The highest BCUT2D eigenvalue weighted by Gasteiger charge is 2.28. The van der Waals surface area contributed by atoms with Gasteiger partial charge in [-0.3, -0.25) is 0 Å². The first-order valence-corrected chi connectivity index (χ1v) is 6.69. The molecule has 122 valence electrons. The SMILES string of the molecule is CCCc1ccc(C(=O)Oc2c(F)c(F)c(F)c(F)c2F)cc1. The van der Waals surface area contributed by atoms with Gasteiger partial charge < -0.3 is 4.74 Å². The molecule has 0 heterocycles. The van der Waals surface area contributed by atoms with E-state index in [1.165, 1.54) is 12.1 Å². The minimum atomic E-state index is -2.32. The van der Waals surface area contributed by atoms with Crippen molar-refractivity contribution in [3.8, 4) is 5.75 Å². The second kappa shape index (κ2) is 6.76. The Morgan fingerprint density at radius 2 is 1.35 bits per heavy atom. The van der Waals surface area contributed by atoms with E-state index in [0.29, 0.717) is 0 Å². The van der Waals surface area contributed by atoms with Gasteiger partial charge in [0.2, 0.25) is 34.8 Å². The Hall–Kier alpha value is -2.44. The third-order valence-corrected chi connectivity index (χ3v) is 3.09. The van der Waals surface area contributed by atoms with E-state index in [2.05, 4.69) is 4.74 Å². The lowest BCUT2D eigenvalue weighted by Crippen LogP contribution is -2.13. The van der Waals surface area contributed by atoms with Crippen LogP contribution in [0.25, 0.3) is 0 Å². The molecule has 0 aliphatic carbocycles. The summed E-state index contributed by atoms with van der Waals surface area (Å²) in [5, 5.41) is 0. The van der Waals surface area contributed by atoms with Crippen molar-refractivity contribution in [2.75, 3.05) is 0 Å². The maximum absolute atomic E-state index is 13.4. The lowest BCUT2D eigenvalue weighted by molar-refractivity contribution is 0.0716. The maximum Gasteiger partial charge on any atom is 0.343 e. The van der Waals surface area contributed by atoms with Gasteiger partial charge in [0.25, 0.3) is 0 Å². The van der Waals surface area contributed by atoms with E-state index in [4.69, 9.17) is 0 Å². The van der Waals surface area contributed by atoms with E-state index < -0.39 is 40.8 Å². The highest BCUT2D eigenvalue weighted by molar-refractivity contribution is 5.91. The molecule has 7 heteroatoms. The molecule has 2 aromatic rings. The average Bonchev–Trinajstić information content (AvgIpc) is 2.56. The van der Waals surface area contributed by atoms with Gasteiger partial charge in [-0.15, -0.1) is 0 Å². The molecule has 0 spiro atoms. The van der Waals surface area contributed by atoms with Gasteiger partial charge in [-0.05, 0) is 24.1 Å². The molecule has 0 atom stereocenters. The largest absolute Gasteiger partial charge is 0.416 e. The maximum atomic E-state index is 13.4. The van der Waals surface area contributed by atoms with Gasteiger partial charge in [0, 0.05) is 0 Å². The molecule has 23 heavy (non-hydrogen) atoms. The van der Waals surface area contributed by atoms with E-state index in [0.717, 1.165) is 18.4 Å². The van der Waals surface area contributed by atoms with Crippen LogP contribution in [0.3, 0.4) is 0 Å². The predicted molar refractivity (Wildman–Crippen MR) is 71.6 cm³/mol. The van der Waals surface area contributed by atoms with Crippen LogP contribution in [0.5, 0.6) is 5.75 Å². The van der Waals surface area contributed by atoms with Crippen molar-refractivity contribution in [3.63, 3.8) is 0 Å². The van der Waals surface area contributed by atoms with Crippen LogP contribution < -0.4 is 4.74 Å². The smallest absolute Gasteiger partial charge is 0.343 e. The van der Waals surface area contributed by atoms with Crippen LogP contribution in [0, 0.1) is 29.1 Å². The van der Waals surface area contributed by atoms with E-state index in [9.17, 15) is 26.7 Å². The molecule has 2 rings (SSSR count). The van der Waals surface area contributed by atoms with Gasteiger partial charge in [-0.1, -0.05) is 25.5 Å². The summed E-state index contributed by atoms with van der Waals surface area (Å²) >= 11 is 0. The number of rotatable bonds is 4. The summed E-state index contributed by atoms with van der Waals surface area (Å²) in [7, 11) is 0. The lowest BCUT2D eigenvalue weighted by Gasteiger charge is -2.09. The molecule has 0 aliphatic heterocycles. The molecule has 0 aromatic heterocycles. The summed E-state index contributed by atoms with van der Waals surface area (Å²) in [6, 6.07) is 5.91. The van der Waals surface area contributed by atoms with Crippen molar-refractivity contribution in [2.45, 2.75) is 19.8 Å². The molecule has 0 amide bonds. The number of carbonyl (C=O) groups excluding carboxylic acids is 1. The van der Waals surface area contributed by atoms with E-state index in [1.807, 2.05) is 6.92 Å². The molecular formula is C16H11F5O2. The molecule has 0 aliphatic rings. The Balaban J connectivity index is 2.30. The standard InChI is InChI=1S/C16H11F5O2/c1-2-3-8-4-6-9(7-5-8)16(22)23-15-13(20)11(18)10(17)12(19)14(15)21/h4-7H,2-3H2,1H3. The number of hydrogen-bond acceptors (Lipinski definition) is 2. The molecule has 0 unspecified atom stereocenters. The number of halogens is 5. The Morgan fingerprint density at radius 3 is 1.83 bits per heavy atom. The predicted octanol–water partition coefficient (Wildman–Crippen LogP) is 4.55. The van der Waals surface area contributed by atoms with Crippen molar-refractivity contribution < 1.29 is 31.5 Å². The average molecular weight is 330 g/mol. The number of ether oxygens (including phenoxy) is 1. The van der Waals surface area contributed by atoms with Gasteiger partial charge >= 0.3 is 5.97 Å². The Kier molecular flexibility index (Phi) is 4.98. The quantitative estimate of drug-likeness (QED) is 0.270. The summed E-state index contributed by atoms with van der Waals surface area (Å²) < 4.78 is 70.2. The van der Waals surface area contributed by atoms with Crippen molar-refractivity contribution >= 4 is 5.97 Å². The summed E-state index contributed by atoms with van der Waals surface area (Å²) in [5.41, 5.74) is 0.856. The number of hydrogen-bond donors (Lipinski definition) is 0. The van der Waals surface area contributed by atoms with Crippen molar-refractivity contribution in [1.29, 1.82) is 0 Å². The summed E-state index contributed by atoms with van der Waals surface area (Å²) in [4.78, 5) is 11.8. The molecular weight excluding hydrogens is 319 g/mol. The van der Waals surface area contributed by atoms with Crippen LogP contribution in [0.2, 0.25) is 0 Å². The van der Waals surface area contributed by atoms with Crippen LogP contribution in [-0.4, -0.2) is 5.97 Å². The van der Waals surface area contributed by atoms with Crippen LogP contribution in [0.1, 0.15) is 29.3 Å². The second-order valence-electron chi connectivity index (χ2n) is 4.74. The minimum absolute atomic E-state index is 0.0752. The molecule has 0 saturated heterocycles. The second-order valence-corrected chi connectivity index (χ2v) is 4.74. The van der Waals surface area contributed by atoms with Gasteiger partial charge in [-0.2, -0.15) is 8.78 Å². The number of aryl methyl sites for hydroxylation is 1. The molecule has 2 nitrogen and oxygen atoms in total. The number of carbonyl (C=O) groups is 1. The van der Waals surface area contributed by atoms with Gasteiger partial charge in [-0.25, -0.2) is 18.0 Å². The Morgan fingerprint density at radius 1 is 0.870 bits per heavy atom. The fourth-order valence-electron chi connectivity index (χ4n) is 1.92. The van der Waals surface area contributed by atoms with Gasteiger partial charge in [0.05, 0.1) is 5.56 Å². The zero-order valence-corrected chi connectivity index (χ0v) is 11.9. The van der Waals surface area contributed by atoms with Gasteiger partial charge in [0.1, 0.15) is 0 Å². The zero-order chi connectivity index (χ0) is 17.1.